The minimum atomic E-state index is -0.232. The van der Waals surface area contributed by atoms with Crippen molar-refractivity contribution >= 4 is 28.3 Å². The zero-order chi connectivity index (χ0) is 18.6. The van der Waals surface area contributed by atoms with E-state index in [1.165, 1.54) is 16.4 Å². The van der Waals surface area contributed by atoms with Crippen LogP contribution in [0.4, 0.5) is 11.1 Å². The Morgan fingerprint density at radius 2 is 2.33 bits per heavy atom. The fraction of sp³-hybridized carbons (Fsp3) is 0.471. The zero-order valence-corrected chi connectivity index (χ0v) is 15.5. The van der Waals surface area contributed by atoms with E-state index >= 15 is 0 Å². The third-order valence-corrected chi connectivity index (χ3v) is 5.33. The van der Waals surface area contributed by atoms with Crippen LogP contribution < -0.4 is 5.32 Å². The number of hydrogen-bond donors (Lipinski definition) is 1. The van der Waals surface area contributed by atoms with Gasteiger partial charge < -0.3 is 5.32 Å². The lowest BCUT2D eigenvalue weighted by molar-refractivity contribution is -0.0771. The average Bonchev–Trinajstić information content (AvgIpc) is 3.44. The van der Waals surface area contributed by atoms with Gasteiger partial charge in [0.25, 0.3) is 5.91 Å². The van der Waals surface area contributed by atoms with Gasteiger partial charge >= 0.3 is 0 Å². The summed E-state index contributed by atoms with van der Waals surface area (Å²) in [5, 5.41) is 15.6. The molecule has 9 nitrogen and oxygen atoms in total. The van der Waals surface area contributed by atoms with E-state index in [9.17, 15) is 4.79 Å². The second-order valence-corrected chi connectivity index (χ2v) is 7.21. The van der Waals surface area contributed by atoms with Gasteiger partial charge in [0, 0.05) is 11.6 Å². The number of nitriles is 1. The molecule has 140 valence electrons. The van der Waals surface area contributed by atoms with E-state index in [2.05, 4.69) is 31.2 Å². The molecule has 2 saturated heterocycles. The maximum Gasteiger partial charge on any atom is 0.296 e. The number of aromatic nitrogens is 3. The summed E-state index contributed by atoms with van der Waals surface area (Å²) in [4.78, 5) is 32.9. The van der Waals surface area contributed by atoms with E-state index in [1.54, 1.807) is 11.6 Å². The minimum Gasteiger partial charge on any atom is -0.300 e. The van der Waals surface area contributed by atoms with Gasteiger partial charge in [-0.05, 0) is 31.9 Å². The van der Waals surface area contributed by atoms with Crippen LogP contribution in [-0.2, 0) is 4.84 Å². The predicted octanol–water partition coefficient (Wildman–Crippen LogP) is 2.11. The fourth-order valence-corrected chi connectivity index (χ4v) is 4.00. The van der Waals surface area contributed by atoms with E-state index < -0.39 is 0 Å². The van der Waals surface area contributed by atoms with Crippen LogP contribution in [0.1, 0.15) is 41.5 Å². The van der Waals surface area contributed by atoms with Crippen molar-refractivity contribution < 1.29 is 9.63 Å². The molecule has 1 atom stereocenters. The summed E-state index contributed by atoms with van der Waals surface area (Å²) >= 11 is 1.32. The maximum absolute atomic E-state index is 12.3. The summed E-state index contributed by atoms with van der Waals surface area (Å²) in [6.07, 6.45) is 4.57. The van der Waals surface area contributed by atoms with Gasteiger partial charge in [0.05, 0.1) is 37.5 Å². The second kappa shape index (κ2) is 7.96. The molecule has 4 rings (SSSR count). The molecule has 0 saturated carbocycles. The number of carbonyl (C=O) groups is 1. The van der Waals surface area contributed by atoms with Crippen molar-refractivity contribution in [1.82, 2.24) is 24.9 Å². The summed E-state index contributed by atoms with van der Waals surface area (Å²) in [5.74, 6) is 0.201. The van der Waals surface area contributed by atoms with Gasteiger partial charge in [-0.1, -0.05) is 0 Å². The molecule has 2 fully saturated rings. The number of nitrogens with zero attached hydrogens (tertiary/aromatic N) is 6. The summed E-state index contributed by atoms with van der Waals surface area (Å²) in [6.45, 7) is 2.45. The molecule has 2 aliphatic heterocycles. The van der Waals surface area contributed by atoms with Crippen molar-refractivity contribution in [3.63, 3.8) is 0 Å². The third kappa shape index (κ3) is 3.90. The molecule has 0 bridgehead atoms. The molecule has 0 aliphatic carbocycles. The SMILES string of the molecule is N#CCN1CCCC1c1ccnc(Nc2nc(C(=O)N3CCCO3)cs2)n1. The van der Waals surface area contributed by atoms with Gasteiger partial charge in [0.2, 0.25) is 5.95 Å². The lowest BCUT2D eigenvalue weighted by Gasteiger charge is -2.21. The number of nitrogens with one attached hydrogen (secondary N) is 1. The van der Waals surface area contributed by atoms with Crippen LogP contribution in [0.15, 0.2) is 17.6 Å². The smallest absolute Gasteiger partial charge is 0.296 e. The van der Waals surface area contributed by atoms with Crippen LogP contribution in [0.2, 0.25) is 0 Å². The Labute approximate surface area is 160 Å². The molecule has 2 aromatic heterocycles. The van der Waals surface area contributed by atoms with E-state index in [4.69, 9.17) is 10.1 Å². The van der Waals surface area contributed by atoms with Crippen molar-refractivity contribution in [2.24, 2.45) is 0 Å². The molecule has 2 aromatic rings. The Balaban J connectivity index is 1.46. The average molecular weight is 385 g/mol. The summed E-state index contributed by atoms with van der Waals surface area (Å²) < 4.78 is 0. The van der Waals surface area contributed by atoms with Crippen molar-refractivity contribution in [3.05, 3.63) is 29.0 Å². The lowest BCUT2D eigenvalue weighted by Crippen LogP contribution is -2.26. The van der Waals surface area contributed by atoms with E-state index in [1.807, 2.05) is 6.07 Å². The quantitative estimate of drug-likeness (QED) is 0.780. The van der Waals surface area contributed by atoms with Crippen molar-refractivity contribution in [2.75, 3.05) is 31.6 Å². The maximum atomic E-state index is 12.3. The minimum absolute atomic E-state index is 0.133. The fourth-order valence-electron chi connectivity index (χ4n) is 3.32. The van der Waals surface area contributed by atoms with Gasteiger partial charge in [0.1, 0.15) is 5.69 Å². The Morgan fingerprint density at radius 3 is 3.15 bits per heavy atom. The van der Waals surface area contributed by atoms with Gasteiger partial charge in [-0.3, -0.25) is 14.5 Å². The van der Waals surface area contributed by atoms with Gasteiger partial charge in [0.15, 0.2) is 5.13 Å². The molecule has 4 heterocycles. The summed E-state index contributed by atoms with van der Waals surface area (Å²) in [5.41, 5.74) is 1.23. The largest absolute Gasteiger partial charge is 0.300 e. The summed E-state index contributed by atoms with van der Waals surface area (Å²) in [6, 6.07) is 4.23. The first kappa shape index (κ1) is 17.8. The number of anilines is 2. The summed E-state index contributed by atoms with van der Waals surface area (Å²) in [7, 11) is 0. The van der Waals surface area contributed by atoms with E-state index in [-0.39, 0.29) is 11.9 Å². The number of hydroxylamine groups is 2. The highest BCUT2D eigenvalue weighted by molar-refractivity contribution is 7.14. The van der Waals surface area contributed by atoms with Crippen molar-refractivity contribution in [3.8, 4) is 6.07 Å². The standard InChI is InChI=1S/C17H19N7O2S/c18-5-9-23-7-1-3-14(23)12-4-6-19-16(20-12)22-17-21-13(11-27-17)15(25)24-8-2-10-26-24/h4,6,11,14H,1-3,7-10H2,(H,19,20,21,22). The number of hydrogen-bond acceptors (Lipinski definition) is 9. The Hall–Kier alpha value is -2.61. The first-order valence-corrected chi connectivity index (χ1v) is 9.74. The number of thiazole rings is 1. The number of amides is 1. The number of carbonyl (C=O) groups excluding carboxylic acids is 1. The molecular formula is C17H19N7O2S. The van der Waals surface area contributed by atoms with Crippen LogP contribution in [0, 0.1) is 11.3 Å². The Bertz CT molecular complexity index is 859. The van der Waals surface area contributed by atoms with Crippen LogP contribution >= 0.6 is 11.3 Å². The Morgan fingerprint density at radius 1 is 1.41 bits per heavy atom. The van der Waals surface area contributed by atoms with Crippen LogP contribution in [0.25, 0.3) is 0 Å². The van der Waals surface area contributed by atoms with Crippen LogP contribution in [-0.4, -0.2) is 57.1 Å². The predicted molar refractivity (Wildman–Crippen MR) is 98.2 cm³/mol. The van der Waals surface area contributed by atoms with Gasteiger partial charge in [-0.2, -0.15) is 5.26 Å². The molecular weight excluding hydrogens is 366 g/mol. The van der Waals surface area contributed by atoms with E-state index in [0.29, 0.717) is 36.5 Å². The molecule has 0 aromatic carbocycles. The highest BCUT2D eigenvalue weighted by Crippen LogP contribution is 2.31. The number of likely N-dealkylation sites (tertiary alicyclic amines) is 1. The Kier molecular flexibility index (Phi) is 5.24. The topological polar surface area (TPSA) is 107 Å². The molecule has 1 unspecified atom stereocenters. The monoisotopic (exact) mass is 385 g/mol. The highest BCUT2D eigenvalue weighted by Gasteiger charge is 2.27. The molecule has 1 amide bonds. The molecule has 2 aliphatic rings. The zero-order valence-electron chi connectivity index (χ0n) is 14.7. The van der Waals surface area contributed by atoms with Crippen molar-refractivity contribution in [2.45, 2.75) is 25.3 Å². The molecule has 10 heteroatoms. The lowest BCUT2D eigenvalue weighted by atomic mass is 10.1. The second-order valence-electron chi connectivity index (χ2n) is 6.35. The van der Waals surface area contributed by atoms with Crippen molar-refractivity contribution in [1.29, 1.82) is 5.26 Å². The van der Waals surface area contributed by atoms with Gasteiger partial charge in [-0.25, -0.2) is 20.0 Å². The van der Waals surface area contributed by atoms with E-state index in [0.717, 1.165) is 31.5 Å². The molecule has 0 radical (unpaired) electrons. The third-order valence-electron chi connectivity index (χ3n) is 4.58. The molecule has 1 N–H and O–H groups in total. The van der Waals surface area contributed by atoms with Gasteiger partial charge in [-0.15, -0.1) is 11.3 Å². The first-order chi connectivity index (χ1) is 13.2. The first-order valence-electron chi connectivity index (χ1n) is 8.86. The van der Waals surface area contributed by atoms with Crippen LogP contribution in [0.3, 0.4) is 0 Å². The van der Waals surface area contributed by atoms with Crippen LogP contribution in [0.5, 0.6) is 0 Å². The molecule has 27 heavy (non-hydrogen) atoms. The molecule has 0 spiro atoms. The highest BCUT2D eigenvalue weighted by atomic mass is 32.1. The number of rotatable bonds is 5. The normalized spacial score (nSPS) is 20.0.